The lowest BCUT2D eigenvalue weighted by molar-refractivity contribution is 0.0685. The molecule has 2 aromatic heterocycles. The highest BCUT2D eigenvalue weighted by molar-refractivity contribution is 6.13. The lowest BCUT2D eigenvalue weighted by atomic mass is 10.1. The van der Waals surface area contributed by atoms with E-state index in [2.05, 4.69) is 9.97 Å². The van der Waals surface area contributed by atoms with E-state index < -0.39 is 5.97 Å². The Kier molecular flexibility index (Phi) is 4.13. The minimum atomic E-state index is -1.10. The maximum atomic E-state index is 11.6. The van der Waals surface area contributed by atoms with E-state index in [1.807, 2.05) is 18.2 Å². The second-order valence-electron chi connectivity index (χ2n) is 6.09. The van der Waals surface area contributed by atoms with E-state index in [0.29, 0.717) is 22.7 Å². The predicted molar refractivity (Wildman–Crippen MR) is 102 cm³/mol. The average Bonchev–Trinajstić information content (AvgIpc) is 3.04. The second kappa shape index (κ2) is 6.62. The summed E-state index contributed by atoms with van der Waals surface area (Å²) in [6.07, 6.45) is 1.52. The van der Waals surface area contributed by atoms with Crippen LogP contribution in [0.25, 0.3) is 21.8 Å². The first kappa shape index (κ1) is 16.9. The van der Waals surface area contributed by atoms with Crippen molar-refractivity contribution in [3.63, 3.8) is 0 Å². The van der Waals surface area contributed by atoms with Gasteiger partial charge in [-0.05, 0) is 36.4 Å². The zero-order valence-corrected chi connectivity index (χ0v) is 14.5. The molecule has 2 heterocycles. The van der Waals surface area contributed by atoms with E-state index in [1.54, 1.807) is 24.3 Å². The number of nitrogen functional groups attached to an aromatic ring is 1. The number of hydrogen-bond donors (Lipinski definition) is 3. The van der Waals surface area contributed by atoms with Gasteiger partial charge >= 0.3 is 5.97 Å². The van der Waals surface area contributed by atoms with E-state index in [4.69, 9.17) is 15.2 Å². The Labute approximate surface area is 154 Å². The largest absolute Gasteiger partial charge is 0.477 e. The molecule has 27 heavy (non-hydrogen) atoms. The van der Waals surface area contributed by atoms with Gasteiger partial charge in [0.05, 0.1) is 29.2 Å². The van der Waals surface area contributed by atoms with Crippen LogP contribution in [0.1, 0.15) is 16.1 Å². The van der Waals surface area contributed by atoms with Crippen LogP contribution in [-0.4, -0.2) is 28.2 Å². The molecule has 136 valence electrons. The Hall–Kier alpha value is -3.58. The number of aromatic amines is 1. The SMILES string of the molecule is COCc1c(C(=O)O)ncc2[nH]c3cccc(Oc4ccc(N)cc4)c3c12. The Morgan fingerprint density at radius 2 is 1.93 bits per heavy atom. The molecule has 0 amide bonds. The zero-order chi connectivity index (χ0) is 19.0. The summed E-state index contributed by atoms with van der Waals surface area (Å²) in [5.41, 5.74) is 8.38. The molecule has 0 saturated carbocycles. The van der Waals surface area contributed by atoms with E-state index in [-0.39, 0.29) is 12.3 Å². The van der Waals surface area contributed by atoms with Crippen LogP contribution in [0.4, 0.5) is 5.69 Å². The summed E-state index contributed by atoms with van der Waals surface area (Å²) in [5.74, 6) is 0.130. The molecule has 0 aliphatic heterocycles. The molecule has 0 radical (unpaired) electrons. The van der Waals surface area contributed by atoms with Crippen LogP contribution in [0.5, 0.6) is 11.5 Å². The highest BCUT2D eigenvalue weighted by atomic mass is 16.5. The molecule has 2 aromatic carbocycles. The number of carboxylic acids is 1. The number of aromatic carboxylic acids is 1. The van der Waals surface area contributed by atoms with E-state index >= 15 is 0 Å². The number of rotatable bonds is 5. The molecular weight excluding hydrogens is 346 g/mol. The molecule has 0 atom stereocenters. The lowest BCUT2D eigenvalue weighted by Crippen LogP contribution is -2.07. The fraction of sp³-hybridized carbons (Fsp3) is 0.100. The van der Waals surface area contributed by atoms with Gasteiger partial charge in [-0.25, -0.2) is 9.78 Å². The van der Waals surface area contributed by atoms with Crippen molar-refractivity contribution in [1.29, 1.82) is 0 Å². The van der Waals surface area contributed by atoms with Crippen LogP contribution >= 0.6 is 0 Å². The summed E-state index contributed by atoms with van der Waals surface area (Å²) < 4.78 is 11.3. The second-order valence-corrected chi connectivity index (χ2v) is 6.09. The fourth-order valence-electron chi connectivity index (χ4n) is 3.19. The number of nitrogens with two attached hydrogens (primary N) is 1. The first-order valence-electron chi connectivity index (χ1n) is 8.26. The molecule has 0 aliphatic rings. The fourth-order valence-corrected chi connectivity index (χ4v) is 3.19. The number of ether oxygens (including phenoxy) is 2. The van der Waals surface area contributed by atoms with Gasteiger partial charge in [-0.3, -0.25) is 0 Å². The molecule has 4 N–H and O–H groups in total. The normalized spacial score (nSPS) is 11.1. The summed E-state index contributed by atoms with van der Waals surface area (Å²) in [7, 11) is 1.52. The summed E-state index contributed by atoms with van der Waals surface area (Å²) in [6, 6.07) is 12.7. The quantitative estimate of drug-likeness (QED) is 0.463. The monoisotopic (exact) mass is 363 g/mol. The van der Waals surface area contributed by atoms with Crippen molar-refractivity contribution in [3.8, 4) is 11.5 Å². The molecule has 4 rings (SSSR count). The Balaban J connectivity index is 1.98. The minimum Gasteiger partial charge on any atom is -0.477 e. The first-order chi connectivity index (χ1) is 13.1. The zero-order valence-electron chi connectivity index (χ0n) is 14.5. The van der Waals surface area contributed by atoms with Crippen LogP contribution in [0, 0.1) is 0 Å². The molecule has 7 heteroatoms. The van der Waals surface area contributed by atoms with Crippen molar-refractivity contribution in [2.75, 3.05) is 12.8 Å². The van der Waals surface area contributed by atoms with Crippen LogP contribution < -0.4 is 10.5 Å². The van der Waals surface area contributed by atoms with Gasteiger partial charge in [-0.15, -0.1) is 0 Å². The van der Waals surface area contributed by atoms with Crippen LogP contribution in [0.3, 0.4) is 0 Å². The first-order valence-corrected chi connectivity index (χ1v) is 8.26. The molecule has 0 spiro atoms. The maximum Gasteiger partial charge on any atom is 0.354 e. The number of carbonyl (C=O) groups is 1. The van der Waals surface area contributed by atoms with E-state index in [0.717, 1.165) is 21.8 Å². The van der Waals surface area contributed by atoms with Crippen LogP contribution in [0.2, 0.25) is 0 Å². The number of pyridine rings is 1. The molecule has 0 aliphatic carbocycles. The summed E-state index contributed by atoms with van der Waals surface area (Å²) in [4.78, 5) is 19.0. The molecule has 0 bridgehead atoms. The highest BCUT2D eigenvalue weighted by Gasteiger charge is 2.20. The summed E-state index contributed by atoms with van der Waals surface area (Å²) in [6.45, 7) is 0.120. The minimum absolute atomic E-state index is 0.0347. The average molecular weight is 363 g/mol. The number of fused-ring (bicyclic) bond motifs is 3. The number of H-pyrrole nitrogens is 1. The van der Waals surface area contributed by atoms with Crippen molar-refractivity contribution < 1.29 is 19.4 Å². The van der Waals surface area contributed by atoms with Crippen LogP contribution in [0.15, 0.2) is 48.7 Å². The number of carboxylic acid groups (broad SMARTS) is 1. The molecule has 0 fully saturated rings. The Morgan fingerprint density at radius 1 is 1.15 bits per heavy atom. The highest BCUT2D eigenvalue weighted by Crippen LogP contribution is 2.38. The van der Waals surface area contributed by atoms with Gasteiger partial charge in [0.1, 0.15) is 11.5 Å². The number of nitrogens with one attached hydrogen (secondary N) is 1. The Morgan fingerprint density at radius 3 is 2.63 bits per heavy atom. The van der Waals surface area contributed by atoms with Crippen molar-refractivity contribution in [1.82, 2.24) is 9.97 Å². The van der Waals surface area contributed by atoms with Gasteiger partial charge in [0.2, 0.25) is 0 Å². The molecule has 0 unspecified atom stereocenters. The van der Waals surface area contributed by atoms with Gasteiger partial charge in [0, 0.05) is 23.7 Å². The molecule has 0 saturated heterocycles. The summed E-state index contributed by atoms with van der Waals surface area (Å²) in [5, 5.41) is 11.0. The number of nitrogens with zero attached hydrogens (tertiary/aromatic N) is 1. The van der Waals surface area contributed by atoms with E-state index in [9.17, 15) is 9.90 Å². The van der Waals surface area contributed by atoms with Gasteiger partial charge in [-0.1, -0.05) is 6.07 Å². The third-order valence-electron chi connectivity index (χ3n) is 4.32. The van der Waals surface area contributed by atoms with Crippen molar-refractivity contribution in [2.45, 2.75) is 6.61 Å². The third-order valence-corrected chi connectivity index (χ3v) is 4.32. The van der Waals surface area contributed by atoms with Crippen molar-refractivity contribution >= 4 is 33.5 Å². The summed E-state index contributed by atoms with van der Waals surface area (Å²) >= 11 is 0. The molecule has 7 nitrogen and oxygen atoms in total. The topological polar surface area (TPSA) is 110 Å². The predicted octanol–water partition coefficient (Wildman–Crippen LogP) is 3.94. The Bertz CT molecular complexity index is 1150. The number of hydrogen-bond acceptors (Lipinski definition) is 5. The number of methoxy groups -OCH3 is 1. The van der Waals surface area contributed by atoms with Crippen LogP contribution in [-0.2, 0) is 11.3 Å². The molecular formula is C20H17N3O4. The standard InChI is InChI=1S/C20H17N3O4/c1-26-10-13-17-15(9-22-19(13)20(24)25)23-14-3-2-4-16(18(14)17)27-12-7-5-11(21)6-8-12/h2-9,23H,10,21H2,1H3,(H,24,25). The van der Waals surface area contributed by atoms with Gasteiger partial charge < -0.3 is 25.3 Å². The van der Waals surface area contributed by atoms with Gasteiger partial charge in [0.15, 0.2) is 5.69 Å². The number of benzene rings is 2. The lowest BCUT2D eigenvalue weighted by Gasteiger charge is -2.10. The smallest absolute Gasteiger partial charge is 0.354 e. The maximum absolute atomic E-state index is 11.6. The van der Waals surface area contributed by atoms with Gasteiger partial charge in [0.25, 0.3) is 0 Å². The van der Waals surface area contributed by atoms with E-state index in [1.165, 1.54) is 13.3 Å². The number of anilines is 1. The van der Waals surface area contributed by atoms with Crippen molar-refractivity contribution in [3.05, 3.63) is 59.9 Å². The van der Waals surface area contributed by atoms with Gasteiger partial charge in [-0.2, -0.15) is 0 Å². The van der Waals surface area contributed by atoms with Crippen molar-refractivity contribution in [2.24, 2.45) is 0 Å². The third kappa shape index (κ3) is 2.94. The number of aromatic nitrogens is 2. The molecule has 4 aromatic rings.